The molecule has 0 saturated heterocycles. The Kier molecular flexibility index (Phi) is 3.31. The maximum Gasteiger partial charge on any atom is 0.416 e. The second kappa shape index (κ2) is 4.12. The second-order valence-corrected chi connectivity index (χ2v) is 3.37. The molecule has 0 heterocycles. The van der Waals surface area contributed by atoms with Gasteiger partial charge in [0.15, 0.2) is 0 Å². The van der Waals surface area contributed by atoms with E-state index in [2.05, 4.69) is 0 Å². The van der Waals surface area contributed by atoms with Gasteiger partial charge in [-0.2, -0.15) is 26.3 Å². The topological polar surface area (TPSA) is 20.2 Å². The van der Waals surface area contributed by atoms with Gasteiger partial charge in [-0.05, 0) is 18.6 Å². The first kappa shape index (κ1) is 13.7. The minimum absolute atomic E-state index is 0.0125. The Balaban J connectivity index is 3.51. The molecule has 0 aliphatic carbocycles. The first-order valence-corrected chi connectivity index (χ1v) is 4.57. The summed E-state index contributed by atoms with van der Waals surface area (Å²) >= 11 is 0. The molecule has 0 aliphatic heterocycles. The highest BCUT2D eigenvalue weighted by atomic mass is 19.4. The molecule has 1 rings (SSSR count). The zero-order chi connectivity index (χ0) is 13.4. The summed E-state index contributed by atoms with van der Waals surface area (Å²) in [6.45, 7) is 1.32. The van der Waals surface area contributed by atoms with Crippen molar-refractivity contribution in [2.75, 3.05) is 0 Å². The summed E-state index contributed by atoms with van der Waals surface area (Å²) in [5.41, 5.74) is -3.50. The average molecular weight is 258 g/mol. The van der Waals surface area contributed by atoms with E-state index in [0.717, 1.165) is 0 Å². The summed E-state index contributed by atoms with van der Waals surface area (Å²) in [6, 6.07) is 0.312. The molecule has 0 amide bonds. The number of hydrogen-bond acceptors (Lipinski definition) is 1. The van der Waals surface area contributed by atoms with E-state index >= 15 is 0 Å². The van der Waals surface area contributed by atoms with Crippen molar-refractivity contribution < 1.29 is 31.4 Å². The minimum Gasteiger partial charge on any atom is -0.508 e. The predicted molar refractivity (Wildman–Crippen MR) is 47.5 cm³/mol. The molecule has 0 aromatic heterocycles. The predicted octanol–water partition coefficient (Wildman–Crippen LogP) is 3.99. The van der Waals surface area contributed by atoms with Gasteiger partial charge in [-0.25, -0.2) is 0 Å². The van der Waals surface area contributed by atoms with Crippen LogP contribution >= 0.6 is 0 Å². The van der Waals surface area contributed by atoms with Crippen molar-refractivity contribution in [3.63, 3.8) is 0 Å². The minimum atomic E-state index is -4.93. The Morgan fingerprint density at radius 2 is 1.53 bits per heavy atom. The number of phenols is 1. The Bertz CT molecular complexity index is 418. The van der Waals surface area contributed by atoms with E-state index in [1.807, 2.05) is 0 Å². The van der Waals surface area contributed by atoms with Gasteiger partial charge in [0.2, 0.25) is 0 Å². The fourth-order valence-electron chi connectivity index (χ4n) is 1.44. The maximum absolute atomic E-state index is 12.5. The van der Waals surface area contributed by atoms with E-state index in [9.17, 15) is 31.4 Å². The van der Waals surface area contributed by atoms with Crippen LogP contribution in [0.3, 0.4) is 0 Å². The molecule has 17 heavy (non-hydrogen) atoms. The number of benzene rings is 1. The van der Waals surface area contributed by atoms with Crippen LogP contribution in [0.5, 0.6) is 5.75 Å². The lowest BCUT2D eigenvalue weighted by Crippen LogP contribution is -2.13. The number of hydrogen-bond donors (Lipinski definition) is 1. The number of aromatic hydroxyl groups is 1. The largest absolute Gasteiger partial charge is 0.508 e. The van der Waals surface area contributed by atoms with E-state index in [1.54, 1.807) is 0 Å². The van der Waals surface area contributed by atoms with Crippen LogP contribution in [0.4, 0.5) is 26.3 Å². The molecule has 7 heteroatoms. The zero-order valence-electron chi connectivity index (χ0n) is 8.58. The zero-order valence-corrected chi connectivity index (χ0v) is 8.58. The van der Waals surface area contributed by atoms with Gasteiger partial charge in [0.1, 0.15) is 5.75 Å². The molecule has 0 spiro atoms. The van der Waals surface area contributed by atoms with Gasteiger partial charge in [0.25, 0.3) is 0 Å². The molecule has 1 N–H and O–H groups in total. The standard InChI is InChI=1S/C10H8F6O/c1-2-6-7(10(14,15)16)3-5(4-8(6)17)9(11,12)13/h3-4,17H,2H2,1H3. The van der Waals surface area contributed by atoms with Crippen LogP contribution in [0.1, 0.15) is 23.6 Å². The van der Waals surface area contributed by atoms with E-state index in [1.165, 1.54) is 6.92 Å². The van der Waals surface area contributed by atoms with E-state index in [4.69, 9.17) is 0 Å². The molecule has 0 bridgehead atoms. The van der Waals surface area contributed by atoms with Crippen LogP contribution in [0, 0.1) is 0 Å². The summed E-state index contributed by atoms with van der Waals surface area (Å²) in [5.74, 6) is -0.991. The monoisotopic (exact) mass is 258 g/mol. The Hall–Kier alpha value is -1.40. The lowest BCUT2D eigenvalue weighted by atomic mass is 10.00. The second-order valence-electron chi connectivity index (χ2n) is 3.37. The molecular weight excluding hydrogens is 250 g/mol. The molecule has 0 fully saturated rings. The molecule has 0 aliphatic rings. The number of phenolic OH excluding ortho intramolecular Hbond substituents is 1. The SMILES string of the molecule is CCc1c(O)cc(C(F)(F)F)cc1C(F)(F)F. The smallest absolute Gasteiger partial charge is 0.416 e. The van der Waals surface area contributed by atoms with Crippen molar-refractivity contribution in [3.8, 4) is 5.75 Å². The Morgan fingerprint density at radius 1 is 1.00 bits per heavy atom. The molecule has 1 aromatic carbocycles. The molecule has 1 aromatic rings. The van der Waals surface area contributed by atoms with Crippen molar-refractivity contribution in [1.82, 2.24) is 0 Å². The summed E-state index contributed by atoms with van der Waals surface area (Å²) < 4.78 is 74.4. The van der Waals surface area contributed by atoms with E-state index < -0.39 is 34.8 Å². The molecular formula is C10H8F6O. The van der Waals surface area contributed by atoms with Gasteiger partial charge in [0, 0.05) is 5.56 Å². The van der Waals surface area contributed by atoms with Gasteiger partial charge >= 0.3 is 12.4 Å². The third-order valence-electron chi connectivity index (χ3n) is 2.21. The molecule has 1 nitrogen and oxygen atoms in total. The quantitative estimate of drug-likeness (QED) is 0.755. The third-order valence-corrected chi connectivity index (χ3v) is 2.21. The fraction of sp³-hybridized carbons (Fsp3) is 0.400. The number of halogens is 6. The summed E-state index contributed by atoms with van der Waals surface area (Å²) in [4.78, 5) is 0. The molecule has 96 valence electrons. The van der Waals surface area contributed by atoms with Gasteiger partial charge in [-0.15, -0.1) is 0 Å². The first-order valence-electron chi connectivity index (χ1n) is 4.57. The lowest BCUT2D eigenvalue weighted by Gasteiger charge is -2.16. The number of alkyl halides is 6. The summed E-state index contributed by atoms with van der Waals surface area (Å²) in [6.07, 6.45) is -10.1. The third kappa shape index (κ3) is 2.83. The van der Waals surface area contributed by atoms with Crippen molar-refractivity contribution >= 4 is 0 Å². The Labute approximate surface area is 92.7 Å². The molecule has 0 unspecified atom stereocenters. The van der Waals surface area contributed by atoms with Crippen LogP contribution in [-0.2, 0) is 18.8 Å². The highest BCUT2D eigenvalue weighted by molar-refractivity contribution is 5.45. The maximum atomic E-state index is 12.5. The van der Waals surface area contributed by atoms with Crippen LogP contribution in [0.25, 0.3) is 0 Å². The van der Waals surface area contributed by atoms with E-state index in [-0.39, 0.29) is 12.5 Å². The van der Waals surface area contributed by atoms with Gasteiger partial charge < -0.3 is 5.11 Å². The van der Waals surface area contributed by atoms with Crippen molar-refractivity contribution in [1.29, 1.82) is 0 Å². The van der Waals surface area contributed by atoms with Crippen molar-refractivity contribution in [3.05, 3.63) is 28.8 Å². The van der Waals surface area contributed by atoms with Crippen LogP contribution < -0.4 is 0 Å². The van der Waals surface area contributed by atoms with Crippen molar-refractivity contribution in [2.24, 2.45) is 0 Å². The van der Waals surface area contributed by atoms with Gasteiger partial charge in [-0.1, -0.05) is 6.92 Å². The van der Waals surface area contributed by atoms with Crippen LogP contribution in [0.15, 0.2) is 12.1 Å². The number of rotatable bonds is 1. The van der Waals surface area contributed by atoms with E-state index in [0.29, 0.717) is 6.07 Å². The van der Waals surface area contributed by atoms with Crippen LogP contribution in [-0.4, -0.2) is 5.11 Å². The lowest BCUT2D eigenvalue weighted by molar-refractivity contribution is -0.143. The average Bonchev–Trinajstić information content (AvgIpc) is 2.13. The highest BCUT2D eigenvalue weighted by Crippen LogP contribution is 2.41. The van der Waals surface area contributed by atoms with Crippen molar-refractivity contribution in [2.45, 2.75) is 25.7 Å². The molecule has 0 radical (unpaired) electrons. The fourth-order valence-corrected chi connectivity index (χ4v) is 1.44. The van der Waals surface area contributed by atoms with Gasteiger partial charge in [-0.3, -0.25) is 0 Å². The normalized spacial score (nSPS) is 12.9. The van der Waals surface area contributed by atoms with Crippen LogP contribution in [0.2, 0.25) is 0 Å². The first-order chi connectivity index (χ1) is 7.57. The highest BCUT2D eigenvalue weighted by Gasteiger charge is 2.39. The summed E-state index contributed by atoms with van der Waals surface area (Å²) in [5, 5.41) is 9.20. The molecule has 0 atom stereocenters. The summed E-state index contributed by atoms with van der Waals surface area (Å²) in [7, 11) is 0. The Morgan fingerprint density at radius 3 is 1.88 bits per heavy atom. The van der Waals surface area contributed by atoms with Gasteiger partial charge in [0.05, 0.1) is 11.1 Å². The molecule has 0 saturated carbocycles.